The number of hydrogen-bond acceptors (Lipinski definition) is 1. The maximum Gasteiger partial charge on any atom is 0.179 e. The van der Waals surface area contributed by atoms with Crippen LogP contribution in [-0.4, -0.2) is 11.6 Å². The first-order valence-corrected chi connectivity index (χ1v) is 11.8. The van der Waals surface area contributed by atoms with Crippen LogP contribution in [0.1, 0.15) is 5.56 Å². The Morgan fingerprint density at radius 3 is 1.30 bits per heavy atom. The maximum absolute atomic E-state index is 13.2. The van der Waals surface area contributed by atoms with Crippen molar-refractivity contribution in [3.05, 3.63) is 133 Å². The lowest BCUT2D eigenvalue weighted by molar-refractivity contribution is -0.108. The van der Waals surface area contributed by atoms with E-state index in [2.05, 4.69) is 36.4 Å². The smallest absolute Gasteiger partial charge is 0.179 e. The highest BCUT2D eigenvalue weighted by atomic mass is 31.2. The molecule has 4 aromatic carbocycles. The lowest BCUT2D eigenvalue weighted by atomic mass is 10.2. The van der Waals surface area contributed by atoms with Crippen molar-refractivity contribution < 1.29 is 4.79 Å². The zero-order valence-corrected chi connectivity index (χ0v) is 17.5. The summed E-state index contributed by atoms with van der Waals surface area (Å²) >= 11 is 0. The van der Waals surface area contributed by atoms with Crippen LogP contribution in [0.3, 0.4) is 0 Å². The largest absolute Gasteiger partial charge is 0.290 e. The standard InChI is InChI=1S/C28H23OP/c29-25(22-21-24-13-5-1-6-14-24)23-30(26-15-7-2-8-16-26,27-17-9-3-10-18-27)28-19-11-4-12-20-28/h1-23H/b22-21+. The zero-order valence-electron chi connectivity index (χ0n) is 16.6. The Morgan fingerprint density at radius 2 is 0.900 bits per heavy atom. The minimum atomic E-state index is -2.26. The molecule has 4 aromatic rings. The number of ketones is 1. The van der Waals surface area contributed by atoms with Crippen LogP contribution >= 0.6 is 6.89 Å². The van der Waals surface area contributed by atoms with Crippen molar-refractivity contribution in [3.63, 3.8) is 0 Å². The topological polar surface area (TPSA) is 17.1 Å². The molecule has 0 bridgehead atoms. The number of carbonyl (C=O) groups excluding carboxylic acids is 1. The van der Waals surface area contributed by atoms with E-state index in [1.54, 1.807) is 6.08 Å². The van der Waals surface area contributed by atoms with Gasteiger partial charge in [0, 0.05) is 0 Å². The van der Waals surface area contributed by atoms with Gasteiger partial charge in [0.05, 0.1) is 0 Å². The van der Waals surface area contributed by atoms with Gasteiger partial charge in [-0.15, -0.1) is 0 Å². The predicted octanol–water partition coefficient (Wildman–Crippen LogP) is 5.07. The highest BCUT2D eigenvalue weighted by Crippen LogP contribution is 2.43. The van der Waals surface area contributed by atoms with Crippen molar-refractivity contribution in [2.45, 2.75) is 0 Å². The first-order valence-electron chi connectivity index (χ1n) is 9.98. The van der Waals surface area contributed by atoms with E-state index in [1.807, 2.05) is 96.8 Å². The zero-order chi connectivity index (χ0) is 20.7. The molecular weight excluding hydrogens is 383 g/mol. The molecule has 0 aliphatic carbocycles. The summed E-state index contributed by atoms with van der Waals surface area (Å²) < 4.78 is 0. The molecule has 0 aliphatic rings. The second kappa shape index (κ2) is 9.39. The van der Waals surface area contributed by atoms with Gasteiger partial charge < -0.3 is 0 Å². The van der Waals surface area contributed by atoms with Crippen LogP contribution in [0.5, 0.6) is 0 Å². The molecule has 0 N–H and O–H groups in total. The van der Waals surface area contributed by atoms with Crippen LogP contribution in [0.2, 0.25) is 0 Å². The Kier molecular flexibility index (Phi) is 6.23. The van der Waals surface area contributed by atoms with Crippen LogP contribution in [0.25, 0.3) is 6.08 Å². The SMILES string of the molecule is O=C(C=P(c1ccccc1)(c1ccccc1)c1ccccc1)/C=C/c1ccccc1. The number of carbonyl (C=O) groups is 1. The van der Waals surface area contributed by atoms with Gasteiger partial charge in [-0.3, -0.25) is 4.79 Å². The Labute approximate surface area is 178 Å². The molecule has 0 saturated carbocycles. The predicted molar refractivity (Wildman–Crippen MR) is 132 cm³/mol. The van der Waals surface area contributed by atoms with Gasteiger partial charge in [0.15, 0.2) is 5.78 Å². The third-order valence-electron chi connectivity index (χ3n) is 5.05. The van der Waals surface area contributed by atoms with Crippen LogP contribution in [0.15, 0.2) is 127 Å². The van der Waals surface area contributed by atoms with E-state index in [9.17, 15) is 4.79 Å². The van der Waals surface area contributed by atoms with E-state index in [1.165, 1.54) is 15.9 Å². The summed E-state index contributed by atoms with van der Waals surface area (Å²) in [5.74, 6) is 1.97. The van der Waals surface area contributed by atoms with Gasteiger partial charge in [0.1, 0.15) is 0 Å². The summed E-state index contributed by atoms with van der Waals surface area (Å²) in [6.45, 7) is -2.26. The molecule has 0 saturated heterocycles. The molecule has 0 aliphatic heterocycles. The van der Waals surface area contributed by atoms with Crippen molar-refractivity contribution in [1.82, 2.24) is 0 Å². The van der Waals surface area contributed by atoms with E-state index in [0.29, 0.717) is 0 Å². The number of allylic oxidation sites excluding steroid dienone is 1. The third kappa shape index (κ3) is 4.27. The Balaban J connectivity index is 1.94. The van der Waals surface area contributed by atoms with Crippen LogP contribution in [0.4, 0.5) is 0 Å². The first-order chi connectivity index (χ1) is 14.8. The fourth-order valence-corrected chi connectivity index (χ4v) is 7.37. The van der Waals surface area contributed by atoms with Crippen molar-refractivity contribution in [1.29, 1.82) is 0 Å². The molecule has 0 radical (unpaired) electrons. The fourth-order valence-electron chi connectivity index (χ4n) is 3.64. The molecule has 30 heavy (non-hydrogen) atoms. The first kappa shape index (κ1) is 19.9. The number of rotatable bonds is 6. The van der Waals surface area contributed by atoms with Gasteiger partial charge >= 0.3 is 0 Å². The summed E-state index contributed by atoms with van der Waals surface area (Å²) in [5.41, 5.74) is 1.02. The van der Waals surface area contributed by atoms with Crippen molar-refractivity contribution in [3.8, 4) is 0 Å². The van der Waals surface area contributed by atoms with Gasteiger partial charge in [-0.1, -0.05) is 127 Å². The molecular formula is C28H23OP. The average molecular weight is 406 g/mol. The lowest BCUT2D eigenvalue weighted by Gasteiger charge is -2.28. The van der Waals surface area contributed by atoms with Gasteiger partial charge in [-0.05, 0) is 40.2 Å². The second-order valence-electron chi connectivity index (χ2n) is 7.00. The molecule has 0 atom stereocenters. The normalized spacial score (nSPS) is 11.3. The summed E-state index contributed by atoms with van der Waals surface area (Å²) in [6, 6.07) is 41.1. The molecule has 2 heteroatoms. The molecule has 0 amide bonds. The Hall–Kier alpha value is -3.41. The highest BCUT2D eigenvalue weighted by molar-refractivity contribution is 7.95. The van der Waals surface area contributed by atoms with Crippen LogP contribution < -0.4 is 15.9 Å². The van der Waals surface area contributed by atoms with Gasteiger partial charge in [0.2, 0.25) is 0 Å². The highest BCUT2D eigenvalue weighted by Gasteiger charge is 2.25. The molecule has 1 nitrogen and oxygen atoms in total. The van der Waals surface area contributed by atoms with Crippen molar-refractivity contribution in [2.24, 2.45) is 0 Å². The number of benzene rings is 4. The van der Waals surface area contributed by atoms with Crippen LogP contribution in [0, 0.1) is 0 Å². The summed E-state index contributed by atoms with van der Waals surface area (Å²) in [7, 11) is 0. The third-order valence-corrected chi connectivity index (χ3v) is 9.03. The molecule has 4 rings (SSSR count). The quantitative estimate of drug-likeness (QED) is 0.323. The molecule has 0 heterocycles. The summed E-state index contributed by atoms with van der Waals surface area (Å²) in [6.07, 6.45) is 3.56. The molecule has 0 spiro atoms. The molecule has 146 valence electrons. The van der Waals surface area contributed by atoms with Gasteiger partial charge in [0.25, 0.3) is 0 Å². The van der Waals surface area contributed by atoms with E-state index in [0.717, 1.165) is 5.56 Å². The molecule has 0 aromatic heterocycles. The monoisotopic (exact) mass is 406 g/mol. The van der Waals surface area contributed by atoms with Crippen molar-refractivity contribution >= 4 is 40.5 Å². The van der Waals surface area contributed by atoms with E-state index < -0.39 is 6.89 Å². The average Bonchev–Trinajstić information content (AvgIpc) is 2.83. The number of hydrogen-bond donors (Lipinski definition) is 0. The van der Waals surface area contributed by atoms with Gasteiger partial charge in [-0.2, -0.15) is 0 Å². The second-order valence-corrected chi connectivity index (χ2v) is 10.3. The Morgan fingerprint density at radius 1 is 0.533 bits per heavy atom. The molecule has 0 unspecified atom stereocenters. The van der Waals surface area contributed by atoms with E-state index >= 15 is 0 Å². The van der Waals surface area contributed by atoms with E-state index in [4.69, 9.17) is 0 Å². The summed E-state index contributed by atoms with van der Waals surface area (Å²) in [4.78, 5) is 13.2. The fraction of sp³-hybridized carbons (Fsp3) is 0. The lowest BCUT2D eigenvalue weighted by Crippen LogP contribution is -2.28. The summed E-state index contributed by atoms with van der Waals surface area (Å²) in [5, 5.41) is 3.51. The van der Waals surface area contributed by atoms with Crippen LogP contribution in [-0.2, 0) is 4.79 Å². The van der Waals surface area contributed by atoms with E-state index in [-0.39, 0.29) is 5.78 Å². The minimum Gasteiger partial charge on any atom is -0.290 e. The Bertz CT molecular complexity index is 1080. The van der Waals surface area contributed by atoms with Crippen molar-refractivity contribution in [2.75, 3.05) is 0 Å². The minimum absolute atomic E-state index is 0.0174. The van der Waals surface area contributed by atoms with Gasteiger partial charge in [-0.25, -0.2) is 0 Å². The maximum atomic E-state index is 13.2. The molecule has 0 fully saturated rings.